The molecule has 2 aliphatic heterocycles. The van der Waals surface area contributed by atoms with E-state index in [0.717, 1.165) is 96.3 Å². The fourth-order valence-electron chi connectivity index (χ4n) is 12.2. The number of hydrogen-bond acceptors (Lipinski definition) is 23. The highest BCUT2D eigenvalue weighted by molar-refractivity contribution is 7.47. The molecule has 95 heavy (non-hydrogen) atoms. The molecule has 3 rings (SSSR count). The number of aliphatic hydroxyl groups is 10. The van der Waals surface area contributed by atoms with Crippen molar-refractivity contribution in [1.29, 1.82) is 0 Å². The van der Waals surface area contributed by atoms with Crippen LogP contribution in [0.3, 0.4) is 0 Å². The lowest BCUT2D eigenvalue weighted by molar-refractivity contribution is -0.360. The van der Waals surface area contributed by atoms with Crippen LogP contribution in [0.4, 0.5) is 0 Å². The van der Waals surface area contributed by atoms with Gasteiger partial charge in [-0.15, -0.1) is 0 Å². The molecule has 558 valence electrons. The van der Waals surface area contributed by atoms with E-state index in [0.29, 0.717) is 19.3 Å². The molecule has 0 radical (unpaired) electrons. The van der Waals surface area contributed by atoms with Crippen LogP contribution < -0.4 is 0 Å². The van der Waals surface area contributed by atoms with E-state index < -0.39 is 156 Å². The fraction of sp³-hybridized carbons (Fsp3) is 0.929. The molecule has 18 unspecified atom stereocenters. The first kappa shape index (κ1) is 86.9. The van der Waals surface area contributed by atoms with Gasteiger partial charge in [0.25, 0.3) is 0 Å². The molecule has 1 aliphatic carbocycles. The van der Waals surface area contributed by atoms with Gasteiger partial charge >= 0.3 is 25.7 Å². The van der Waals surface area contributed by atoms with Crippen LogP contribution in [0, 0.1) is 0 Å². The normalized spacial score (nSPS) is 28.1. The maximum absolute atomic E-state index is 14.3. The van der Waals surface area contributed by atoms with Crippen molar-refractivity contribution in [2.24, 2.45) is 0 Å². The molecule has 18 atom stereocenters. The first-order valence-corrected chi connectivity index (χ1v) is 38.5. The third kappa shape index (κ3) is 36.2. The molecule has 3 fully saturated rings. The largest absolute Gasteiger partial charge is 0.472 e. The Hall–Kier alpha value is -2.30. The number of allylic oxidation sites excluding steroid dienone is 2. The molecule has 11 N–H and O–H groups in total. The summed E-state index contributed by atoms with van der Waals surface area (Å²) in [7, 11) is -5.69. The van der Waals surface area contributed by atoms with E-state index in [9.17, 15) is 74.9 Å². The average Bonchev–Trinajstić information content (AvgIpc) is 0.764. The van der Waals surface area contributed by atoms with Gasteiger partial charge in [0.15, 0.2) is 18.7 Å². The number of hydrogen-bond donors (Lipinski definition) is 11. The first-order valence-electron chi connectivity index (χ1n) is 37.0. The van der Waals surface area contributed by atoms with Crippen LogP contribution in [0.2, 0.25) is 0 Å². The predicted molar refractivity (Wildman–Crippen MR) is 356 cm³/mol. The summed E-state index contributed by atoms with van der Waals surface area (Å²) in [4.78, 5) is 50.9. The van der Waals surface area contributed by atoms with E-state index in [2.05, 4.69) is 32.9 Å². The lowest BCUT2D eigenvalue weighted by Gasteiger charge is -2.49. The van der Waals surface area contributed by atoms with E-state index in [1.807, 2.05) is 0 Å². The molecule has 25 heteroatoms. The zero-order valence-corrected chi connectivity index (χ0v) is 58.9. The quantitative estimate of drug-likeness (QED) is 0.00887. The Labute approximate surface area is 567 Å². The zero-order chi connectivity index (χ0) is 69.6. The number of ether oxygens (including phenoxy) is 7. The van der Waals surface area contributed by atoms with Crippen LogP contribution >= 0.6 is 7.82 Å². The van der Waals surface area contributed by atoms with Gasteiger partial charge in [0.2, 0.25) is 0 Å². The molecule has 0 amide bonds. The van der Waals surface area contributed by atoms with E-state index in [1.165, 1.54) is 128 Å². The minimum atomic E-state index is -5.69. The Morgan fingerprint density at radius 1 is 0.400 bits per heavy atom. The number of esters is 3. The van der Waals surface area contributed by atoms with E-state index in [4.69, 9.17) is 42.2 Å². The number of rotatable bonds is 57. The second-order valence-corrected chi connectivity index (χ2v) is 28.1. The molecule has 24 nitrogen and oxygen atoms in total. The Bertz CT molecular complexity index is 2020. The minimum Gasteiger partial charge on any atom is -0.463 e. The Morgan fingerprint density at radius 3 is 1.15 bits per heavy atom. The second kappa shape index (κ2) is 52.6. The maximum Gasteiger partial charge on any atom is 0.472 e. The molecule has 0 aromatic rings. The number of phosphoric ester groups is 1. The third-order valence-corrected chi connectivity index (χ3v) is 19.3. The SMILES string of the molecule is CCCCCCCCC/C=C\CCCCCC(=O)OCC(COP(=O)(O)OC1C(OC2OC(CO)C(O)C(O)C2O)C(O)C(O)C(O)C1OC1OC(COC(=O)CCCCCCCCCCCCCCCC)C(O)C(O)C1O)OC(=O)CCCCCCCCCCCCCC. The van der Waals surface area contributed by atoms with Gasteiger partial charge < -0.3 is 89.1 Å². The highest BCUT2D eigenvalue weighted by atomic mass is 31.2. The van der Waals surface area contributed by atoms with Gasteiger partial charge in [-0.1, -0.05) is 232 Å². The molecule has 2 saturated heterocycles. The molecule has 3 aliphatic rings. The number of unbranched alkanes of at least 4 members (excludes halogenated alkanes) is 34. The molecule has 0 spiro atoms. The van der Waals surface area contributed by atoms with Crippen LogP contribution in [0.5, 0.6) is 0 Å². The van der Waals surface area contributed by atoms with Crippen LogP contribution in [0.15, 0.2) is 12.2 Å². The van der Waals surface area contributed by atoms with Gasteiger partial charge in [-0.05, 0) is 44.9 Å². The minimum absolute atomic E-state index is 0.0278. The van der Waals surface area contributed by atoms with E-state index in [-0.39, 0.29) is 19.3 Å². The van der Waals surface area contributed by atoms with Crippen molar-refractivity contribution in [3.05, 3.63) is 12.2 Å². The van der Waals surface area contributed by atoms with Gasteiger partial charge in [-0.3, -0.25) is 23.4 Å². The monoisotopic (exact) mass is 1380 g/mol. The summed E-state index contributed by atoms with van der Waals surface area (Å²) in [5.74, 6) is -2.00. The molecular formula is C70H129O24P. The Morgan fingerprint density at radius 2 is 0.737 bits per heavy atom. The van der Waals surface area contributed by atoms with Gasteiger partial charge in [-0.25, -0.2) is 4.57 Å². The first-order chi connectivity index (χ1) is 45.8. The van der Waals surface area contributed by atoms with Crippen LogP contribution in [-0.4, -0.2) is 204 Å². The Kier molecular flexibility index (Phi) is 48.2. The smallest absolute Gasteiger partial charge is 0.463 e. The van der Waals surface area contributed by atoms with Crippen LogP contribution in [-0.2, 0) is 61.2 Å². The highest BCUT2D eigenvalue weighted by Gasteiger charge is 2.58. The Balaban J connectivity index is 1.74. The average molecular weight is 1390 g/mol. The van der Waals surface area contributed by atoms with Crippen molar-refractivity contribution in [2.45, 2.75) is 388 Å². The number of carbonyl (C=O) groups excluding carboxylic acids is 3. The van der Waals surface area contributed by atoms with Crippen LogP contribution in [0.1, 0.15) is 284 Å². The molecular weight excluding hydrogens is 1260 g/mol. The van der Waals surface area contributed by atoms with Gasteiger partial charge in [0.1, 0.15) is 98.7 Å². The van der Waals surface area contributed by atoms with Gasteiger partial charge in [-0.2, -0.15) is 0 Å². The predicted octanol–water partition coefficient (Wildman–Crippen LogP) is 9.57. The zero-order valence-electron chi connectivity index (χ0n) is 58.0. The second-order valence-electron chi connectivity index (χ2n) is 26.7. The summed E-state index contributed by atoms with van der Waals surface area (Å²) in [5, 5.41) is 110. The summed E-state index contributed by atoms with van der Waals surface area (Å²) in [6.45, 7) is 3.42. The lowest BCUT2D eigenvalue weighted by Crippen LogP contribution is -2.69. The topological polar surface area (TPSA) is 374 Å². The summed E-state index contributed by atoms with van der Waals surface area (Å²) in [5.41, 5.74) is 0. The van der Waals surface area contributed by atoms with Gasteiger partial charge in [0.05, 0.1) is 13.2 Å². The van der Waals surface area contributed by atoms with Gasteiger partial charge in [0, 0.05) is 19.3 Å². The third-order valence-electron chi connectivity index (χ3n) is 18.3. The molecule has 0 bridgehead atoms. The molecule has 0 aromatic heterocycles. The lowest BCUT2D eigenvalue weighted by atomic mass is 9.84. The summed E-state index contributed by atoms with van der Waals surface area (Å²) in [6, 6.07) is 0. The van der Waals surface area contributed by atoms with Crippen LogP contribution in [0.25, 0.3) is 0 Å². The molecule has 1 saturated carbocycles. The van der Waals surface area contributed by atoms with E-state index in [1.54, 1.807) is 0 Å². The summed E-state index contributed by atoms with van der Waals surface area (Å²) < 4.78 is 64.9. The molecule has 0 aromatic carbocycles. The summed E-state index contributed by atoms with van der Waals surface area (Å²) in [6.07, 6.45) is 10.1. The number of aliphatic hydroxyl groups excluding tert-OH is 10. The number of carbonyl (C=O) groups is 3. The molecule has 2 heterocycles. The van der Waals surface area contributed by atoms with E-state index >= 15 is 0 Å². The van der Waals surface area contributed by atoms with Crippen molar-refractivity contribution in [3.8, 4) is 0 Å². The number of phosphoric acid groups is 1. The van der Waals surface area contributed by atoms with Crippen molar-refractivity contribution < 1.29 is 117 Å². The fourth-order valence-corrected chi connectivity index (χ4v) is 13.2. The van der Waals surface area contributed by atoms with Crippen molar-refractivity contribution >= 4 is 25.7 Å². The highest BCUT2D eigenvalue weighted by Crippen LogP contribution is 2.49. The standard InChI is InChI=1S/C70H129O24P/c1-4-7-10-13-16-19-22-25-27-30-32-35-38-41-44-54(72)86-48-51(89-56(74)46-43-40-37-34-29-24-21-18-15-12-9-6-3)49-88-95(84,85)94-68-66(92-69-64(82)59(77)57(75)52(47-71)90-69)62(80)61(79)63(81)67(68)93-70-65(83)60(78)58(76)53(91-70)50-87-55(73)45-42-39-36-33-31-28-26-23-20-17-14-11-8-5-2/h27,30,51-53,57-71,75-83H,4-26,28-29,31-50H2,1-3H3,(H,84,85)/b30-27-. The van der Waals surface area contributed by atoms with Crippen molar-refractivity contribution in [3.63, 3.8) is 0 Å². The van der Waals surface area contributed by atoms with Crippen molar-refractivity contribution in [2.75, 3.05) is 26.4 Å². The van der Waals surface area contributed by atoms with Crippen molar-refractivity contribution in [1.82, 2.24) is 0 Å². The maximum atomic E-state index is 14.3. The summed E-state index contributed by atoms with van der Waals surface area (Å²) >= 11 is 0.